The highest BCUT2D eigenvalue weighted by Gasteiger charge is 2.48. The topological polar surface area (TPSA) is 56.5 Å². The van der Waals surface area contributed by atoms with E-state index in [0.29, 0.717) is 9.76 Å². The average Bonchev–Trinajstić information content (AvgIpc) is 2.71. The molecule has 2 heterocycles. The standard InChI is InChI=1S/C15H20F2N2O3S/c1-14(2,3)22-13(20)18-10-15(16,17)8-11(18)9-23-12-6-4-5-7-19(12)21/h4-7,11H,8-10H2,1-3H3/t11-/m0/s1. The van der Waals surface area contributed by atoms with Gasteiger partial charge in [0, 0.05) is 24.3 Å². The van der Waals surface area contributed by atoms with Crippen LogP contribution in [0, 0.1) is 5.21 Å². The van der Waals surface area contributed by atoms with Gasteiger partial charge in [-0.2, -0.15) is 4.73 Å². The summed E-state index contributed by atoms with van der Waals surface area (Å²) in [6.07, 6.45) is 0.172. The van der Waals surface area contributed by atoms with Crippen LogP contribution < -0.4 is 4.73 Å². The van der Waals surface area contributed by atoms with Gasteiger partial charge in [-0.1, -0.05) is 11.8 Å². The molecule has 1 amide bonds. The molecule has 128 valence electrons. The van der Waals surface area contributed by atoms with Crippen molar-refractivity contribution in [2.45, 2.75) is 49.8 Å². The maximum Gasteiger partial charge on any atom is 0.410 e. The number of aromatic nitrogens is 1. The van der Waals surface area contributed by atoms with Crippen molar-refractivity contribution in [1.29, 1.82) is 0 Å². The van der Waals surface area contributed by atoms with Crippen LogP contribution in [0.5, 0.6) is 0 Å². The molecule has 0 bridgehead atoms. The SMILES string of the molecule is CC(C)(C)OC(=O)N1CC(F)(F)C[C@H]1CSc1cccc[n+]1[O-]. The lowest BCUT2D eigenvalue weighted by Gasteiger charge is -2.27. The second-order valence-corrected chi connectivity index (χ2v) is 7.54. The highest BCUT2D eigenvalue weighted by atomic mass is 32.2. The number of rotatable bonds is 3. The maximum atomic E-state index is 13.7. The van der Waals surface area contributed by atoms with Gasteiger partial charge in [-0.25, -0.2) is 13.6 Å². The van der Waals surface area contributed by atoms with Crippen molar-refractivity contribution in [1.82, 2.24) is 4.90 Å². The van der Waals surface area contributed by atoms with Crippen LogP contribution in [0.2, 0.25) is 0 Å². The Labute approximate surface area is 138 Å². The lowest BCUT2D eigenvalue weighted by atomic mass is 10.2. The zero-order valence-electron chi connectivity index (χ0n) is 13.3. The van der Waals surface area contributed by atoms with Crippen LogP contribution in [-0.4, -0.2) is 40.9 Å². The number of carbonyl (C=O) groups excluding carboxylic acids is 1. The van der Waals surface area contributed by atoms with Crippen LogP contribution in [0.4, 0.5) is 13.6 Å². The Morgan fingerprint density at radius 2 is 2.22 bits per heavy atom. The van der Waals surface area contributed by atoms with E-state index in [-0.39, 0.29) is 5.75 Å². The zero-order chi connectivity index (χ0) is 17.3. The van der Waals surface area contributed by atoms with Gasteiger partial charge in [0.2, 0.25) is 0 Å². The normalized spacial score (nSPS) is 20.6. The van der Waals surface area contributed by atoms with Gasteiger partial charge in [0.05, 0.1) is 12.6 Å². The van der Waals surface area contributed by atoms with Crippen LogP contribution in [-0.2, 0) is 4.74 Å². The Bertz CT molecular complexity index is 578. The molecule has 1 atom stereocenters. The van der Waals surface area contributed by atoms with Gasteiger partial charge in [-0.15, -0.1) is 0 Å². The van der Waals surface area contributed by atoms with Crippen molar-refractivity contribution in [3.8, 4) is 0 Å². The predicted octanol–water partition coefficient (Wildman–Crippen LogP) is 3.06. The van der Waals surface area contributed by atoms with Crippen molar-refractivity contribution in [2.75, 3.05) is 12.3 Å². The van der Waals surface area contributed by atoms with Gasteiger partial charge in [0.1, 0.15) is 5.60 Å². The molecule has 0 radical (unpaired) electrons. The first kappa shape index (κ1) is 17.8. The summed E-state index contributed by atoms with van der Waals surface area (Å²) in [4.78, 5) is 13.2. The molecule has 23 heavy (non-hydrogen) atoms. The minimum Gasteiger partial charge on any atom is -0.618 e. The van der Waals surface area contributed by atoms with Crippen molar-refractivity contribution >= 4 is 17.9 Å². The van der Waals surface area contributed by atoms with Gasteiger partial charge in [0.15, 0.2) is 6.20 Å². The number of halogens is 2. The number of likely N-dealkylation sites (tertiary alicyclic amines) is 1. The van der Waals surface area contributed by atoms with Crippen molar-refractivity contribution in [3.05, 3.63) is 29.6 Å². The minimum atomic E-state index is -2.94. The van der Waals surface area contributed by atoms with Crippen LogP contribution in [0.15, 0.2) is 29.4 Å². The number of hydrogen-bond acceptors (Lipinski definition) is 4. The van der Waals surface area contributed by atoms with Gasteiger partial charge < -0.3 is 9.94 Å². The monoisotopic (exact) mass is 346 g/mol. The Hall–Kier alpha value is -1.57. The number of ether oxygens (including phenoxy) is 1. The first-order chi connectivity index (χ1) is 10.6. The van der Waals surface area contributed by atoms with E-state index in [1.807, 2.05) is 0 Å². The molecule has 0 N–H and O–H groups in total. The molecule has 2 rings (SSSR count). The number of alkyl halides is 2. The number of pyridine rings is 1. The summed E-state index contributed by atoms with van der Waals surface area (Å²) in [6, 6.07) is 4.23. The highest BCUT2D eigenvalue weighted by Crippen LogP contribution is 2.35. The molecule has 1 aliphatic heterocycles. The van der Waals surface area contributed by atoms with Crippen molar-refractivity contribution in [2.24, 2.45) is 0 Å². The van der Waals surface area contributed by atoms with E-state index in [1.54, 1.807) is 39.0 Å². The van der Waals surface area contributed by atoms with E-state index < -0.39 is 36.6 Å². The molecule has 1 aromatic heterocycles. The molecule has 5 nitrogen and oxygen atoms in total. The highest BCUT2D eigenvalue weighted by molar-refractivity contribution is 7.99. The molecule has 1 aromatic rings. The molecule has 8 heteroatoms. The minimum absolute atomic E-state index is 0.209. The summed E-state index contributed by atoms with van der Waals surface area (Å²) in [5, 5.41) is 12.0. The average molecular weight is 346 g/mol. The smallest absolute Gasteiger partial charge is 0.410 e. The Balaban J connectivity index is 2.05. The third kappa shape index (κ3) is 4.95. The quantitative estimate of drug-likeness (QED) is 0.479. The number of amides is 1. The van der Waals surface area contributed by atoms with Crippen molar-refractivity contribution < 1.29 is 23.0 Å². The molecule has 0 saturated carbocycles. The summed E-state index contributed by atoms with van der Waals surface area (Å²) in [5.74, 6) is -2.73. The Kier molecular flexibility index (Phi) is 5.03. The van der Waals surface area contributed by atoms with E-state index in [0.717, 1.165) is 16.7 Å². The summed E-state index contributed by atoms with van der Waals surface area (Å²) >= 11 is 1.15. The zero-order valence-corrected chi connectivity index (χ0v) is 14.1. The fraction of sp³-hybridized carbons (Fsp3) is 0.600. The largest absolute Gasteiger partial charge is 0.618 e. The van der Waals surface area contributed by atoms with E-state index in [1.165, 1.54) is 6.20 Å². The number of nitrogens with zero attached hydrogens (tertiary/aromatic N) is 2. The molecule has 1 fully saturated rings. The van der Waals surface area contributed by atoms with Gasteiger partial charge in [0.25, 0.3) is 10.9 Å². The number of carbonyl (C=O) groups is 1. The molecule has 0 unspecified atom stereocenters. The molecule has 0 aliphatic carbocycles. The molecular weight excluding hydrogens is 326 g/mol. The summed E-state index contributed by atoms with van der Waals surface area (Å²) in [5.41, 5.74) is -0.746. The molecular formula is C15H20F2N2O3S. The fourth-order valence-electron chi connectivity index (χ4n) is 2.29. The number of hydrogen-bond donors (Lipinski definition) is 0. The molecule has 1 aliphatic rings. The first-order valence-corrected chi connectivity index (χ1v) is 8.24. The number of thioether (sulfide) groups is 1. The van der Waals surface area contributed by atoms with Crippen molar-refractivity contribution in [3.63, 3.8) is 0 Å². The Morgan fingerprint density at radius 1 is 1.52 bits per heavy atom. The summed E-state index contributed by atoms with van der Waals surface area (Å²) in [6.45, 7) is 4.41. The summed E-state index contributed by atoms with van der Waals surface area (Å²) in [7, 11) is 0. The van der Waals surface area contributed by atoms with Crippen LogP contribution in [0.3, 0.4) is 0 Å². The fourth-order valence-corrected chi connectivity index (χ4v) is 3.31. The van der Waals surface area contributed by atoms with Crippen LogP contribution >= 0.6 is 11.8 Å². The second-order valence-electron chi connectivity index (χ2n) is 6.50. The maximum absolute atomic E-state index is 13.7. The second kappa shape index (κ2) is 6.51. The Morgan fingerprint density at radius 3 is 2.83 bits per heavy atom. The third-order valence-electron chi connectivity index (χ3n) is 3.22. The van der Waals surface area contributed by atoms with Gasteiger partial charge in [-0.05, 0) is 26.8 Å². The van der Waals surface area contributed by atoms with Crippen LogP contribution in [0.1, 0.15) is 27.2 Å². The van der Waals surface area contributed by atoms with E-state index >= 15 is 0 Å². The molecule has 0 spiro atoms. The van der Waals surface area contributed by atoms with Crippen LogP contribution in [0.25, 0.3) is 0 Å². The summed E-state index contributed by atoms with van der Waals surface area (Å²) < 4.78 is 33.3. The van der Waals surface area contributed by atoms with Gasteiger partial charge in [-0.3, -0.25) is 4.90 Å². The molecule has 0 aromatic carbocycles. The lowest BCUT2D eigenvalue weighted by Crippen LogP contribution is -2.41. The lowest BCUT2D eigenvalue weighted by molar-refractivity contribution is -0.645. The first-order valence-electron chi connectivity index (χ1n) is 7.26. The van der Waals surface area contributed by atoms with E-state index in [9.17, 15) is 18.8 Å². The van der Waals surface area contributed by atoms with E-state index in [4.69, 9.17) is 4.74 Å². The third-order valence-corrected chi connectivity index (χ3v) is 4.38. The van der Waals surface area contributed by atoms with Gasteiger partial charge >= 0.3 is 6.09 Å². The predicted molar refractivity (Wildman–Crippen MR) is 82.4 cm³/mol. The molecule has 1 saturated heterocycles. The van der Waals surface area contributed by atoms with E-state index in [2.05, 4.69) is 0 Å².